The molecule has 1 fully saturated rings. The molecular formula is C24H25NO2. The number of hydrogen-bond acceptors (Lipinski definition) is 3. The molecule has 3 aromatic carbocycles. The summed E-state index contributed by atoms with van der Waals surface area (Å²) in [6.45, 7) is 2.07. The van der Waals surface area contributed by atoms with Crippen molar-refractivity contribution in [2.45, 2.75) is 18.1 Å². The van der Waals surface area contributed by atoms with E-state index in [4.69, 9.17) is 4.74 Å². The molecule has 0 radical (unpaired) electrons. The minimum atomic E-state index is -1.10. The fourth-order valence-corrected chi connectivity index (χ4v) is 3.86. The fourth-order valence-electron chi connectivity index (χ4n) is 3.86. The second-order valence-corrected chi connectivity index (χ2v) is 7.05. The molecule has 4 rings (SSSR count). The molecule has 0 saturated carbocycles. The van der Waals surface area contributed by atoms with Crippen molar-refractivity contribution >= 4 is 0 Å². The Morgan fingerprint density at radius 1 is 0.889 bits per heavy atom. The SMILES string of the molecule is O[C@@](Cc1ccccc1-c1ccccc1)(c1ccccc1)[C@H]1CNCCO1. The summed E-state index contributed by atoms with van der Waals surface area (Å²) in [4.78, 5) is 0. The fraction of sp³-hybridized carbons (Fsp3) is 0.250. The van der Waals surface area contributed by atoms with Crippen LogP contribution < -0.4 is 5.32 Å². The summed E-state index contributed by atoms with van der Waals surface area (Å²) in [7, 11) is 0. The quantitative estimate of drug-likeness (QED) is 0.729. The predicted molar refractivity (Wildman–Crippen MR) is 109 cm³/mol. The summed E-state index contributed by atoms with van der Waals surface area (Å²) >= 11 is 0. The summed E-state index contributed by atoms with van der Waals surface area (Å²) in [6.07, 6.45) is 0.200. The van der Waals surface area contributed by atoms with Gasteiger partial charge in [0, 0.05) is 19.5 Å². The number of hydrogen-bond donors (Lipinski definition) is 2. The lowest BCUT2D eigenvalue weighted by atomic mass is 9.80. The standard InChI is InChI=1S/C24H25NO2/c26-24(21-12-5-2-6-13-21,23-18-25-15-16-27-23)17-20-11-7-8-14-22(20)19-9-3-1-4-10-19/h1-14,23,25-26H,15-18H2/t23-,24+/m1/s1. The third-order valence-corrected chi connectivity index (χ3v) is 5.30. The highest BCUT2D eigenvalue weighted by Crippen LogP contribution is 2.35. The Hall–Kier alpha value is -2.46. The normalized spacial score (nSPS) is 19.4. The number of benzene rings is 3. The van der Waals surface area contributed by atoms with Crippen molar-refractivity contribution in [1.82, 2.24) is 5.32 Å². The Balaban J connectivity index is 1.75. The Labute approximate surface area is 160 Å². The molecule has 1 aliphatic rings. The zero-order chi connectivity index (χ0) is 18.5. The molecule has 0 aromatic heterocycles. The number of rotatable bonds is 5. The Kier molecular flexibility index (Phi) is 5.35. The molecular weight excluding hydrogens is 334 g/mol. The van der Waals surface area contributed by atoms with E-state index in [0.717, 1.165) is 28.8 Å². The average molecular weight is 359 g/mol. The highest BCUT2D eigenvalue weighted by atomic mass is 16.5. The van der Waals surface area contributed by atoms with Crippen molar-refractivity contribution in [3.8, 4) is 11.1 Å². The zero-order valence-electron chi connectivity index (χ0n) is 15.3. The first-order valence-corrected chi connectivity index (χ1v) is 9.51. The summed E-state index contributed by atoms with van der Waals surface area (Å²) in [6, 6.07) is 28.5. The predicted octanol–water partition coefficient (Wildman–Crippen LogP) is 3.77. The molecule has 3 nitrogen and oxygen atoms in total. The second kappa shape index (κ2) is 8.05. The van der Waals surface area contributed by atoms with E-state index >= 15 is 0 Å². The largest absolute Gasteiger partial charge is 0.382 e. The highest BCUT2D eigenvalue weighted by molar-refractivity contribution is 5.67. The van der Waals surface area contributed by atoms with Gasteiger partial charge in [0.05, 0.1) is 6.61 Å². The van der Waals surface area contributed by atoms with Gasteiger partial charge in [-0.05, 0) is 22.3 Å². The van der Waals surface area contributed by atoms with Gasteiger partial charge in [-0.25, -0.2) is 0 Å². The summed E-state index contributed by atoms with van der Waals surface area (Å²) in [5.74, 6) is 0. The van der Waals surface area contributed by atoms with Gasteiger partial charge < -0.3 is 15.2 Å². The molecule has 0 spiro atoms. The van der Waals surface area contributed by atoms with Crippen LogP contribution in [0.3, 0.4) is 0 Å². The third-order valence-electron chi connectivity index (χ3n) is 5.30. The van der Waals surface area contributed by atoms with Crippen LogP contribution in [-0.4, -0.2) is 30.9 Å². The van der Waals surface area contributed by atoms with Crippen LogP contribution in [0.25, 0.3) is 11.1 Å². The first-order valence-electron chi connectivity index (χ1n) is 9.51. The van der Waals surface area contributed by atoms with Crippen LogP contribution in [0.1, 0.15) is 11.1 Å². The first kappa shape index (κ1) is 17.9. The maximum Gasteiger partial charge on any atom is 0.121 e. The molecule has 1 saturated heterocycles. The topological polar surface area (TPSA) is 41.5 Å². The summed E-state index contributed by atoms with van der Waals surface area (Å²) < 4.78 is 6.00. The van der Waals surface area contributed by atoms with Gasteiger partial charge in [-0.1, -0.05) is 84.9 Å². The van der Waals surface area contributed by atoms with Gasteiger partial charge in [0.2, 0.25) is 0 Å². The van der Waals surface area contributed by atoms with E-state index in [1.165, 1.54) is 0 Å². The maximum atomic E-state index is 11.9. The molecule has 27 heavy (non-hydrogen) atoms. The Bertz CT molecular complexity index is 860. The summed E-state index contributed by atoms with van der Waals surface area (Å²) in [5, 5.41) is 15.2. The van der Waals surface area contributed by atoms with Crippen molar-refractivity contribution in [2.75, 3.05) is 19.7 Å². The number of ether oxygens (including phenoxy) is 1. The lowest BCUT2D eigenvalue weighted by Gasteiger charge is -2.39. The molecule has 3 aromatic rings. The van der Waals surface area contributed by atoms with Crippen molar-refractivity contribution in [2.24, 2.45) is 0 Å². The van der Waals surface area contributed by atoms with E-state index in [9.17, 15) is 5.11 Å². The Morgan fingerprint density at radius 3 is 2.26 bits per heavy atom. The van der Waals surface area contributed by atoms with E-state index in [-0.39, 0.29) is 6.10 Å². The minimum Gasteiger partial charge on any atom is -0.382 e. The van der Waals surface area contributed by atoms with Gasteiger partial charge in [0.15, 0.2) is 0 Å². The minimum absolute atomic E-state index is 0.294. The molecule has 0 unspecified atom stereocenters. The maximum absolute atomic E-state index is 11.9. The second-order valence-electron chi connectivity index (χ2n) is 7.05. The van der Waals surface area contributed by atoms with Crippen LogP contribution in [0, 0.1) is 0 Å². The summed E-state index contributed by atoms with van der Waals surface area (Å²) in [5.41, 5.74) is 3.22. The van der Waals surface area contributed by atoms with Gasteiger partial charge in [-0.3, -0.25) is 0 Å². The molecule has 138 valence electrons. The Morgan fingerprint density at radius 2 is 1.56 bits per heavy atom. The van der Waals surface area contributed by atoms with Crippen LogP contribution in [0.15, 0.2) is 84.9 Å². The van der Waals surface area contributed by atoms with Crippen molar-refractivity contribution in [3.63, 3.8) is 0 Å². The highest BCUT2D eigenvalue weighted by Gasteiger charge is 2.40. The van der Waals surface area contributed by atoms with Gasteiger partial charge >= 0.3 is 0 Å². The monoisotopic (exact) mass is 359 g/mol. The third kappa shape index (κ3) is 3.81. The number of aliphatic hydroxyl groups is 1. The average Bonchev–Trinajstić information content (AvgIpc) is 2.76. The number of nitrogens with one attached hydrogen (secondary N) is 1. The molecule has 0 amide bonds. The van der Waals surface area contributed by atoms with Gasteiger partial charge in [0.25, 0.3) is 0 Å². The molecule has 2 atom stereocenters. The number of morpholine rings is 1. The van der Waals surface area contributed by atoms with Crippen molar-refractivity contribution < 1.29 is 9.84 Å². The molecule has 2 N–H and O–H groups in total. The lowest BCUT2D eigenvalue weighted by Crippen LogP contribution is -2.52. The lowest BCUT2D eigenvalue weighted by molar-refractivity contribution is -0.124. The van der Waals surface area contributed by atoms with Crippen LogP contribution >= 0.6 is 0 Å². The van der Waals surface area contributed by atoms with Crippen molar-refractivity contribution in [3.05, 3.63) is 96.1 Å². The van der Waals surface area contributed by atoms with Gasteiger partial charge in [-0.15, -0.1) is 0 Å². The van der Waals surface area contributed by atoms with Crippen LogP contribution in [0.4, 0.5) is 0 Å². The van der Waals surface area contributed by atoms with Gasteiger partial charge in [0.1, 0.15) is 11.7 Å². The van der Waals surface area contributed by atoms with Crippen LogP contribution in [-0.2, 0) is 16.8 Å². The zero-order valence-corrected chi connectivity index (χ0v) is 15.3. The molecule has 0 bridgehead atoms. The van der Waals surface area contributed by atoms with E-state index in [2.05, 4.69) is 29.6 Å². The smallest absolute Gasteiger partial charge is 0.121 e. The van der Waals surface area contributed by atoms with Crippen LogP contribution in [0.2, 0.25) is 0 Å². The van der Waals surface area contributed by atoms with E-state index in [1.807, 2.05) is 60.7 Å². The molecule has 1 aliphatic heterocycles. The first-order chi connectivity index (χ1) is 13.3. The van der Waals surface area contributed by atoms with E-state index in [1.54, 1.807) is 0 Å². The van der Waals surface area contributed by atoms with E-state index in [0.29, 0.717) is 19.6 Å². The molecule has 0 aliphatic carbocycles. The van der Waals surface area contributed by atoms with Crippen LogP contribution in [0.5, 0.6) is 0 Å². The van der Waals surface area contributed by atoms with Gasteiger partial charge in [-0.2, -0.15) is 0 Å². The molecule has 1 heterocycles. The molecule has 3 heteroatoms. The van der Waals surface area contributed by atoms with Crippen molar-refractivity contribution in [1.29, 1.82) is 0 Å². The van der Waals surface area contributed by atoms with E-state index < -0.39 is 5.60 Å².